The van der Waals surface area contributed by atoms with Gasteiger partial charge in [-0.3, -0.25) is 0 Å². The van der Waals surface area contributed by atoms with Gasteiger partial charge in [0.05, 0.1) is 0 Å². The highest BCUT2D eigenvalue weighted by Gasteiger charge is 2.19. The molecular weight excluding hydrogens is 222 g/mol. The predicted octanol–water partition coefficient (Wildman–Crippen LogP) is 4.50. The van der Waals surface area contributed by atoms with Gasteiger partial charge in [0.2, 0.25) is 0 Å². The van der Waals surface area contributed by atoms with Crippen LogP contribution in [-0.4, -0.2) is 10.8 Å². The van der Waals surface area contributed by atoms with Crippen LogP contribution in [-0.2, 0) is 0 Å². The molecule has 0 unspecified atom stereocenters. The molecular formula is C16H33NO. The molecule has 1 aliphatic carbocycles. The van der Waals surface area contributed by atoms with Gasteiger partial charge in [0.1, 0.15) is 5.72 Å². The van der Waals surface area contributed by atoms with Crippen molar-refractivity contribution in [3.8, 4) is 0 Å². The molecule has 1 fully saturated rings. The van der Waals surface area contributed by atoms with Gasteiger partial charge in [-0.2, -0.15) is 0 Å². The summed E-state index contributed by atoms with van der Waals surface area (Å²) in [5.74, 6) is 0. The summed E-state index contributed by atoms with van der Waals surface area (Å²) in [7, 11) is 0. The minimum atomic E-state index is -0.892. The van der Waals surface area contributed by atoms with Crippen LogP contribution in [0.25, 0.3) is 0 Å². The van der Waals surface area contributed by atoms with Gasteiger partial charge in [0, 0.05) is 0 Å². The van der Waals surface area contributed by atoms with Gasteiger partial charge in [-0.05, 0) is 25.7 Å². The fourth-order valence-corrected chi connectivity index (χ4v) is 2.93. The molecule has 0 atom stereocenters. The van der Waals surface area contributed by atoms with Crippen LogP contribution in [0.1, 0.15) is 96.3 Å². The van der Waals surface area contributed by atoms with E-state index >= 15 is 0 Å². The van der Waals surface area contributed by atoms with Crippen molar-refractivity contribution >= 4 is 0 Å². The third kappa shape index (κ3) is 8.93. The third-order valence-electron chi connectivity index (χ3n) is 4.22. The minimum absolute atomic E-state index is 0.785. The molecule has 1 aliphatic rings. The summed E-state index contributed by atoms with van der Waals surface area (Å²) in [5.41, 5.74) is 5.05. The number of nitrogens with two attached hydrogens (primary N) is 1. The van der Waals surface area contributed by atoms with Gasteiger partial charge < -0.3 is 10.8 Å². The average Bonchev–Trinajstić information content (AvgIpc) is 2.32. The SMILES string of the molecule is NC1(O)CCCCCCCCCCCCCCC1. The Morgan fingerprint density at radius 2 is 0.722 bits per heavy atom. The molecule has 0 saturated heterocycles. The van der Waals surface area contributed by atoms with Crippen molar-refractivity contribution in [3.05, 3.63) is 0 Å². The lowest BCUT2D eigenvalue weighted by atomic mass is 9.96. The highest BCUT2D eigenvalue weighted by Crippen LogP contribution is 2.20. The topological polar surface area (TPSA) is 46.2 Å². The summed E-state index contributed by atoms with van der Waals surface area (Å²) < 4.78 is 0. The van der Waals surface area contributed by atoms with Gasteiger partial charge in [-0.1, -0.05) is 70.6 Å². The zero-order valence-corrected chi connectivity index (χ0v) is 12.1. The zero-order chi connectivity index (χ0) is 13.1. The molecule has 0 aromatic heterocycles. The Morgan fingerprint density at radius 1 is 0.500 bits per heavy atom. The monoisotopic (exact) mass is 255 g/mol. The smallest absolute Gasteiger partial charge is 0.113 e. The molecule has 0 aliphatic heterocycles. The van der Waals surface area contributed by atoms with Gasteiger partial charge in [0.25, 0.3) is 0 Å². The lowest BCUT2D eigenvalue weighted by Crippen LogP contribution is -2.39. The van der Waals surface area contributed by atoms with Crippen LogP contribution in [0.4, 0.5) is 0 Å². The Balaban J connectivity index is 2.20. The molecule has 1 rings (SSSR count). The van der Waals surface area contributed by atoms with Crippen LogP contribution in [0.15, 0.2) is 0 Å². The van der Waals surface area contributed by atoms with Crippen molar-refractivity contribution in [3.63, 3.8) is 0 Å². The fourth-order valence-electron chi connectivity index (χ4n) is 2.93. The van der Waals surface area contributed by atoms with E-state index in [4.69, 9.17) is 5.73 Å². The van der Waals surface area contributed by atoms with Gasteiger partial charge >= 0.3 is 0 Å². The van der Waals surface area contributed by atoms with E-state index in [-0.39, 0.29) is 0 Å². The number of aliphatic hydroxyl groups is 1. The van der Waals surface area contributed by atoms with Crippen molar-refractivity contribution in [2.24, 2.45) is 5.73 Å². The fraction of sp³-hybridized carbons (Fsp3) is 1.00. The predicted molar refractivity (Wildman–Crippen MR) is 78.4 cm³/mol. The summed E-state index contributed by atoms with van der Waals surface area (Å²) in [6.07, 6.45) is 18.6. The van der Waals surface area contributed by atoms with Crippen molar-refractivity contribution < 1.29 is 5.11 Å². The highest BCUT2D eigenvalue weighted by molar-refractivity contribution is 4.70. The first-order chi connectivity index (χ1) is 8.71. The average molecular weight is 255 g/mol. The Labute approximate surface area is 113 Å². The van der Waals surface area contributed by atoms with Gasteiger partial charge in [0.15, 0.2) is 0 Å². The summed E-state index contributed by atoms with van der Waals surface area (Å²) in [6.45, 7) is 0. The van der Waals surface area contributed by atoms with Crippen LogP contribution in [0.5, 0.6) is 0 Å². The van der Waals surface area contributed by atoms with Crippen molar-refractivity contribution in [2.75, 3.05) is 0 Å². The van der Waals surface area contributed by atoms with Crippen LogP contribution in [0, 0.1) is 0 Å². The van der Waals surface area contributed by atoms with Crippen molar-refractivity contribution in [1.29, 1.82) is 0 Å². The third-order valence-corrected chi connectivity index (χ3v) is 4.22. The Bertz CT molecular complexity index is 174. The summed E-state index contributed by atoms with van der Waals surface area (Å²) >= 11 is 0. The molecule has 0 aromatic carbocycles. The minimum Gasteiger partial charge on any atom is -0.376 e. The number of rotatable bonds is 0. The van der Waals surface area contributed by atoms with Crippen LogP contribution in [0.2, 0.25) is 0 Å². The number of hydrogen-bond acceptors (Lipinski definition) is 2. The first-order valence-corrected chi connectivity index (χ1v) is 8.22. The molecule has 18 heavy (non-hydrogen) atoms. The van der Waals surface area contributed by atoms with E-state index in [1.54, 1.807) is 0 Å². The number of hydrogen-bond donors (Lipinski definition) is 2. The molecule has 108 valence electrons. The van der Waals surface area contributed by atoms with Crippen molar-refractivity contribution in [2.45, 2.75) is 102 Å². The molecule has 0 bridgehead atoms. The second kappa shape index (κ2) is 9.80. The van der Waals surface area contributed by atoms with E-state index in [1.807, 2.05) is 0 Å². The second-order valence-electron chi connectivity index (χ2n) is 6.20. The normalized spacial score (nSPS) is 25.7. The van der Waals surface area contributed by atoms with E-state index in [9.17, 15) is 5.11 Å². The molecule has 0 radical (unpaired) electrons. The molecule has 2 nitrogen and oxygen atoms in total. The highest BCUT2D eigenvalue weighted by atomic mass is 16.3. The first kappa shape index (κ1) is 16.0. The zero-order valence-electron chi connectivity index (χ0n) is 12.1. The Kier molecular flexibility index (Phi) is 8.70. The first-order valence-electron chi connectivity index (χ1n) is 8.22. The maximum Gasteiger partial charge on any atom is 0.113 e. The van der Waals surface area contributed by atoms with E-state index in [0.29, 0.717) is 0 Å². The molecule has 0 heterocycles. The molecule has 0 amide bonds. The summed E-state index contributed by atoms with van der Waals surface area (Å²) in [4.78, 5) is 0. The Morgan fingerprint density at radius 3 is 1.00 bits per heavy atom. The molecule has 2 heteroatoms. The van der Waals surface area contributed by atoms with Crippen LogP contribution in [0.3, 0.4) is 0 Å². The van der Waals surface area contributed by atoms with Crippen LogP contribution < -0.4 is 5.73 Å². The van der Waals surface area contributed by atoms with Gasteiger partial charge in [-0.15, -0.1) is 0 Å². The maximum absolute atomic E-state index is 10.1. The van der Waals surface area contributed by atoms with E-state index < -0.39 is 5.72 Å². The lowest BCUT2D eigenvalue weighted by Gasteiger charge is -2.23. The molecule has 0 aromatic rings. The summed E-state index contributed by atoms with van der Waals surface area (Å²) in [6, 6.07) is 0. The van der Waals surface area contributed by atoms with E-state index in [1.165, 1.54) is 70.6 Å². The Hall–Kier alpha value is -0.0800. The quantitative estimate of drug-likeness (QED) is 0.626. The molecule has 3 N–H and O–H groups in total. The van der Waals surface area contributed by atoms with Gasteiger partial charge in [-0.25, -0.2) is 0 Å². The summed E-state index contributed by atoms with van der Waals surface area (Å²) in [5, 5.41) is 10.1. The van der Waals surface area contributed by atoms with E-state index in [0.717, 1.165) is 25.7 Å². The standard InChI is InChI=1S/C16H33NO/c17-16(18)14-12-10-8-6-4-2-1-3-5-7-9-11-13-15-16/h18H,1-15,17H2. The van der Waals surface area contributed by atoms with E-state index in [2.05, 4.69) is 0 Å². The van der Waals surface area contributed by atoms with Crippen LogP contribution >= 0.6 is 0 Å². The second-order valence-corrected chi connectivity index (χ2v) is 6.20. The molecule has 1 saturated carbocycles. The maximum atomic E-state index is 10.1. The largest absolute Gasteiger partial charge is 0.376 e. The molecule has 0 spiro atoms. The lowest BCUT2D eigenvalue weighted by molar-refractivity contribution is 0.0240. The van der Waals surface area contributed by atoms with Crippen molar-refractivity contribution in [1.82, 2.24) is 0 Å².